The van der Waals surface area contributed by atoms with Crippen LogP contribution in [0.5, 0.6) is 0 Å². The first-order valence-electron chi connectivity index (χ1n) is 2.44. The minimum Gasteiger partial charge on any atom is -0.277 e. The van der Waals surface area contributed by atoms with Crippen molar-refractivity contribution < 1.29 is 0 Å². The van der Waals surface area contributed by atoms with Crippen molar-refractivity contribution >= 4 is 12.1 Å². The van der Waals surface area contributed by atoms with Gasteiger partial charge in [-0.15, -0.1) is 0 Å². The van der Waals surface area contributed by atoms with Crippen LogP contribution in [0.25, 0.3) is 0 Å². The molecule has 3 heteroatoms. The lowest BCUT2D eigenvalue weighted by Gasteiger charge is -1.87. The zero-order valence-corrected chi connectivity index (χ0v) is 5.47. The van der Waals surface area contributed by atoms with Crippen molar-refractivity contribution in [3.63, 3.8) is 0 Å². The summed E-state index contributed by atoms with van der Waals surface area (Å²) in [4.78, 5) is 3.66. The van der Waals surface area contributed by atoms with E-state index in [1.807, 2.05) is 13.8 Å². The van der Waals surface area contributed by atoms with Gasteiger partial charge in [0.15, 0.2) is 0 Å². The van der Waals surface area contributed by atoms with Gasteiger partial charge >= 0.3 is 0 Å². The quantitative estimate of drug-likeness (QED) is 0.318. The Balaban J connectivity index is 3.30. The Morgan fingerprint density at radius 3 is 2.50 bits per heavy atom. The number of nitrogens with zero attached hydrogens (tertiary/aromatic N) is 2. The van der Waals surface area contributed by atoms with Gasteiger partial charge in [0, 0.05) is 12.8 Å². The summed E-state index contributed by atoms with van der Waals surface area (Å²) < 4.78 is 0. The van der Waals surface area contributed by atoms with Crippen LogP contribution in [0.3, 0.4) is 0 Å². The van der Waals surface area contributed by atoms with Crippen LogP contribution in [0, 0.1) is 0 Å². The van der Waals surface area contributed by atoms with Crippen molar-refractivity contribution in [1.29, 1.82) is 0 Å². The molecule has 0 saturated heterocycles. The highest BCUT2D eigenvalue weighted by molar-refractivity contribution is 5.79. The van der Waals surface area contributed by atoms with Crippen molar-refractivity contribution in [3.05, 3.63) is 0 Å². The molecule has 0 atom stereocenters. The predicted molar refractivity (Wildman–Crippen MR) is 36.3 cm³/mol. The summed E-state index contributed by atoms with van der Waals surface area (Å²) in [5.41, 5.74) is 3.62. The number of rotatable bonds is 2. The van der Waals surface area contributed by atoms with Gasteiger partial charge in [0.1, 0.15) is 6.34 Å². The Kier molecular flexibility index (Phi) is 3.84. The van der Waals surface area contributed by atoms with Crippen LogP contribution in [-0.4, -0.2) is 19.1 Å². The number of hydrazone groups is 1. The third kappa shape index (κ3) is 5.14. The standard InChI is InChI=1S/C5H11N3/c1-5(2)8-7-4-6-3/h4H,1-3H3,(H,6,7). The van der Waals surface area contributed by atoms with Crippen LogP contribution in [0.2, 0.25) is 0 Å². The minimum atomic E-state index is 0.991. The number of nitrogens with one attached hydrogen (secondary N) is 1. The van der Waals surface area contributed by atoms with Crippen LogP contribution in [0.1, 0.15) is 13.8 Å². The summed E-state index contributed by atoms with van der Waals surface area (Å²) in [6, 6.07) is 0. The molecule has 0 aliphatic heterocycles. The van der Waals surface area contributed by atoms with Crippen LogP contribution >= 0.6 is 0 Å². The van der Waals surface area contributed by atoms with Crippen molar-refractivity contribution in [2.45, 2.75) is 13.8 Å². The van der Waals surface area contributed by atoms with Crippen molar-refractivity contribution in [1.82, 2.24) is 5.43 Å². The van der Waals surface area contributed by atoms with E-state index in [-0.39, 0.29) is 0 Å². The molecular formula is C5H11N3. The molecule has 0 aromatic carbocycles. The average Bonchev–Trinajstić information content (AvgIpc) is 1.66. The molecule has 0 aromatic heterocycles. The van der Waals surface area contributed by atoms with Crippen LogP contribution in [0.4, 0.5) is 0 Å². The molecular weight excluding hydrogens is 102 g/mol. The van der Waals surface area contributed by atoms with Gasteiger partial charge in [0.25, 0.3) is 0 Å². The Morgan fingerprint density at radius 1 is 1.50 bits per heavy atom. The van der Waals surface area contributed by atoms with E-state index >= 15 is 0 Å². The van der Waals surface area contributed by atoms with Crippen molar-refractivity contribution in [2.24, 2.45) is 10.1 Å². The molecule has 0 bridgehead atoms. The fourth-order valence-electron chi connectivity index (χ4n) is 0.216. The molecule has 1 N–H and O–H groups in total. The maximum absolute atomic E-state index is 3.83. The van der Waals surface area contributed by atoms with Crippen LogP contribution in [-0.2, 0) is 0 Å². The largest absolute Gasteiger partial charge is 0.277 e. The van der Waals surface area contributed by atoms with Crippen molar-refractivity contribution in [2.75, 3.05) is 7.05 Å². The Hall–Kier alpha value is -0.860. The summed E-state index contributed by atoms with van der Waals surface area (Å²) >= 11 is 0. The zero-order valence-electron chi connectivity index (χ0n) is 5.47. The van der Waals surface area contributed by atoms with Gasteiger partial charge in [-0.05, 0) is 13.8 Å². The molecule has 0 saturated carbocycles. The molecule has 0 fully saturated rings. The first-order valence-corrected chi connectivity index (χ1v) is 2.44. The van der Waals surface area contributed by atoms with Gasteiger partial charge in [-0.3, -0.25) is 10.4 Å². The maximum atomic E-state index is 3.83. The topological polar surface area (TPSA) is 36.8 Å². The fourth-order valence-corrected chi connectivity index (χ4v) is 0.216. The van der Waals surface area contributed by atoms with E-state index in [4.69, 9.17) is 0 Å². The normalized spacial score (nSPS) is 9.38. The van der Waals surface area contributed by atoms with E-state index in [1.54, 1.807) is 7.05 Å². The number of hydrogen-bond acceptors (Lipinski definition) is 2. The molecule has 0 rings (SSSR count). The summed E-state index contributed by atoms with van der Waals surface area (Å²) in [7, 11) is 1.69. The Bertz CT molecular complexity index is 100. The van der Waals surface area contributed by atoms with E-state index in [2.05, 4.69) is 15.5 Å². The van der Waals surface area contributed by atoms with E-state index < -0.39 is 0 Å². The molecule has 0 aliphatic rings. The van der Waals surface area contributed by atoms with Gasteiger partial charge < -0.3 is 0 Å². The predicted octanol–water partition coefficient (Wildman–Crippen LogP) is 0.630. The Labute approximate surface area is 49.5 Å². The van der Waals surface area contributed by atoms with Crippen molar-refractivity contribution in [3.8, 4) is 0 Å². The molecule has 3 nitrogen and oxygen atoms in total. The first kappa shape index (κ1) is 7.14. The maximum Gasteiger partial charge on any atom is 0.103 e. The van der Waals surface area contributed by atoms with E-state index in [0.717, 1.165) is 5.71 Å². The van der Waals surface area contributed by atoms with Gasteiger partial charge in [0.2, 0.25) is 0 Å². The highest BCUT2D eigenvalue weighted by atomic mass is 15.3. The SMILES string of the molecule is CN=CNN=C(C)C. The van der Waals surface area contributed by atoms with E-state index in [1.165, 1.54) is 6.34 Å². The van der Waals surface area contributed by atoms with Gasteiger partial charge in [-0.2, -0.15) is 5.10 Å². The molecule has 0 aliphatic carbocycles. The molecule has 46 valence electrons. The lowest BCUT2D eigenvalue weighted by Crippen LogP contribution is -2.02. The highest BCUT2D eigenvalue weighted by Crippen LogP contribution is 1.65. The van der Waals surface area contributed by atoms with E-state index in [0.29, 0.717) is 0 Å². The smallest absolute Gasteiger partial charge is 0.103 e. The van der Waals surface area contributed by atoms with Gasteiger partial charge in [0.05, 0.1) is 0 Å². The second kappa shape index (κ2) is 4.30. The van der Waals surface area contributed by atoms with Gasteiger partial charge in [-0.25, -0.2) is 0 Å². The summed E-state index contributed by atoms with van der Waals surface area (Å²) in [6.45, 7) is 3.83. The first-order chi connectivity index (χ1) is 3.77. The molecule has 0 unspecified atom stereocenters. The van der Waals surface area contributed by atoms with Crippen LogP contribution in [0.15, 0.2) is 10.1 Å². The zero-order chi connectivity index (χ0) is 6.41. The Morgan fingerprint density at radius 2 is 2.12 bits per heavy atom. The third-order valence-electron chi connectivity index (χ3n) is 0.475. The fraction of sp³-hybridized carbons (Fsp3) is 0.600. The monoisotopic (exact) mass is 113 g/mol. The molecule has 0 amide bonds. The number of aliphatic imine (C=N–C) groups is 1. The molecule has 0 aromatic rings. The van der Waals surface area contributed by atoms with E-state index in [9.17, 15) is 0 Å². The summed E-state index contributed by atoms with van der Waals surface area (Å²) in [6.07, 6.45) is 1.53. The summed E-state index contributed by atoms with van der Waals surface area (Å²) in [5, 5.41) is 3.83. The second-order valence-corrected chi connectivity index (χ2v) is 1.58. The molecule has 8 heavy (non-hydrogen) atoms. The lowest BCUT2D eigenvalue weighted by atomic mass is 10.5. The average molecular weight is 113 g/mol. The highest BCUT2D eigenvalue weighted by Gasteiger charge is 1.70. The molecule has 0 radical (unpaired) electrons. The summed E-state index contributed by atoms with van der Waals surface area (Å²) in [5.74, 6) is 0. The second-order valence-electron chi connectivity index (χ2n) is 1.58. The number of hydrogen-bond donors (Lipinski definition) is 1. The molecule has 0 spiro atoms. The lowest BCUT2D eigenvalue weighted by molar-refractivity contribution is 1.04. The minimum absolute atomic E-state index is 0.991. The van der Waals surface area contributed by atoms with Crippen LogP contribution < -0.4 is 5.43 Å². The third-order valence-corrected chi connectivity index (χ3v) is 0.475. The molecule has 0 heterocycles. The van der Waals surface area contributed by atoms with Gasteiger partial charge in [-0.1, -0.05) is 0 Å².